The maximum absolute atomic E-state index is 5.46. The average Bonchev–Trinajstić information content (AvgIpc) is 3.48. The second kappa shape index (κ2) is 9.52. The van der Waals surface area contributed by atoms with Crippen molar-refractivity contribution >= 4 is 11.3 Å². The second-order valence-corrected chi connectivity index (χ2v) is 9.30. The van der Waals surface area contributed by atoms with Gasteiger partial charge in [-0.05, 0) is 43.0 Å². The molecule has 1 aliphatic heterocycles. The molecule has 4 aromatic rings. The quantitative estimate of drug-likeness (QED) is 0.435. The Hall–Kier alpha value is -3.30. The molecule has 0 radical (unpaired) electrons. The summed E-state index contributed by atoms with van der Waals surface area (Å²) in [6.07, 6.45) is 14.1. The number of nitrogens with zero attached hydrogens (tertiary/aromatic N) is 7. The van der Waals surface area contributed by atoms with Gasteiger partial charge in [-0.25, -0.2) is 9.67 Å². The van der Waals surface area contributed by atoms with Gasteiger partial charge in [0.2, 0.25) is 0 Å². The fourth-order valence-electron chi connectivity index (χ4n) is 4.63. The molecule has 0 bridgehead atoms. The Morgan fingerprint density at radius 1 is 1.06 bits per heavy atom. The number of ether oxygens (including phenoxy) is 1. The van der Waals surface area contributed by atoms with Gasteiger partial charge in [0.15, 0.2) is 0 Å². The Morgan fingerprint density at radius 3 is 2.82 bits per heavy atom. The van der Waals surface area contributed by atoms with Crippen LogP contribution in [-0.4, -0.2) is 62.2 Å². The number of anilines is 1. The van der Waals surface area contributed by atoms with E-state index in [2.05, 4.69) is 60.5 Å². The van der Waals surface area contributed by atoms with E-state index in [1.54, 1.807) is 0 Å². The van der Waals surface area contributed by atoms with Crippen molar-refractivity contribution in [2.45, 2.75) is 32.4 Å². The number of pyridine rings is 2. The van der Waals surface area contributed by atoms with E-state index in [0.717, 1.165) is 73.6 Å². The summed E-state index contributed by atoms with van der Waals surface area (Å²) in [5, 5.41) is 12.3. The van der Waals surface area contributed by atoms with Crippen molar-refractivity contribution in [2.75, 3.05) is 37.7 Å². The first-order valence-corrected chi connectivity index (χ1v) is 12.2. The molecule has 1 saturated carbocycles. The summed E-state index contributed by atoms with van der Waals surface area (Å²) in [4.78, 5) is 11.5. The lowest BCUT2D eigenvalue weighted by atomic mass is 9.85. The summed E-state index contributed by atoms with van der Waals surface area (Å²) in [5.74, 6) is 0.869. The third-order valence-corrected chi connectivity index (χ3v) is 6.81. The molecule has 176 valence electrons. The molecule has 4 aromatic heterocycles. The highest BCUT2D eigenvalue weighted by Gasteiger charge is 2.16. The molecule has 0 atom stereocenters. The van der Waals surface area contributed by atoms with Gasteiger partial charge in [0.25, 0.3) is 0 Å². The smallest absolute Gasteiger partial charge is 0.137 e. The minimum Gasteiger partial charge on any atom is -0.378 e. The van der Waals surface area contributed by atoms with Crippen molar-refractivity contribution in [1.82, 2.24) is 34.7 Å². The molecule has 2 aliphatic rings. The number of hydrogen-bond donors (Lipinski definition) is 1. The fourth-order valence-corrected chi connectivity index (χ4v) is 4.63. The summed E-state index contributed by atoms with van der Waals surface area (Å²) in [6.45, 7) is 5.83. The molecule has 0 unspecified atom stereocenters. The molecule has 0 spiro atoms. The molecular formula is C25H30N8O. The number of hydrogen-bond acceptors (Lipinski definition) is 7. The van der Waals surface area contributed by atoms with Crippen molar-refractivity contribution in [1.29, 1.82) is 0 Å². The molecule has 0 amide bonds. The lowest BCUT2D eigenvalue weighted by molar-refractivity contribution is 0.122. The van der Waals surface area contributed by atoms with Gasteiger partial charge in [-0.15, -0.1) is 5.10 Å². The number of aromatic nitrogens is 6. The van der Waals surface area contributed by atoms with Crippen molar-refractivity contribution in [3.63, 3.8) is 0 Å². The monoisotopic (exact) mass is 458 g/mol. The second-order valence-electron chi connectivity index (χ2n) is 9.30. The Kier molecular flexibility index (Phi) is 5.95. The van der Waals surface area contributed by atoms with Gasteiger partial charge < -0.3 is 19.4 Å². The van der Waals surface area contributed by atoms with E-state index in [4.69, 9.17) is 9.72 Å². The highest BCUT2D eigenvalue weighted by atomic mass is 16.5. The Bertz CT molecular complexity index is 1250. The third kappa shape index (κ3) is 4.67. The lowest BCUT2D eigenvalue weighted by Crippen LogP contribution is -2.36. The van der Waals surface area contributed by atoms with E-state index < -0.39 is 0 Å². The van der Waals surface area contributed by atoms with Crippen LogP contribution >= 0.6 is 0 Å². The predicted octanol–water partition coefficient (Wildman–Crippen LogP) is 2.76. The van der Waals surface area contributed by atoms with E-state index in [1.807, 2.05) is 23.3 Å². The zero-order valence-electron chi connectivity index (χ0n) is 19.3. The molecule has 5 heterocycles. The Balaban J connectivity index is 1.12. The predicted molar refractivity (Wildman–Crippen MR) is 130 cm³/mol. The number of rotatable bonds is 8. The van der Waals surface area contributed by atoms with Crippen molar-refractivity contribution in [3.8, 4) is 11.3 Å². The highest BCUT2D eigenvalue weighted by Crippen LogP contribution is 2.25. The van der Waals surface area contributed by atoms with Crippen LogP contribution in [0.2, 0.25) is 0 Å². The minimum atomic E-state index is 0.570. The molecule has 1 N–H and O–H groups in total. The molecule has 1 saturated heterocycles. The van der Waals surface area contributed by atoms with Gasteiger partial charge in [-0.1, -0.05) is 17.7 Å². The van der Waals surface area contributed by atoms with E-state index in [1.165, 1.54) is 24.8 Å². The number of fused-ring (bicyclic) bond motifs is 1. The van der Waals surface area contributed by atoms with Crippen LogP contribution in [0.4, 0.5) is 5.69 Å². The van der Waals surface area contributed by atoms with Gasteiger partial charge >= 0.3 is 0 Å². The van der Waals surface area contributed by atoms with Crippen molar-refractivity contribution in [2.24, 2.45) is 5.92 Å². The fraction of sp³-hybridized carbons (Fsp3) is 0.440. The summed E-state index contributed by atoms with van der Waals surface area (Å²) in [7, 11) is 0. The summed E-state index contributed by atoms with van der Waals surface area (Å²) in [5.41, 5.74) is 6.03. The topological polar surface area (TPSA) is 85.4 Å². The van der Waals surface area contributed by atoms with Gasteiger partial charge in [-0.3, -0.25) is 4.98 Å². The standard InChI is InChI=1S/C25H30N8O/c1-2-19(3-1)11-26-12-20-4-5-25-28-22(16-32(25)15-20)17-33-18-24(29-30-33)21-10-23(14-27-13-21)31-6-8-34-9-7-31/h4-5,10,13-16,18-19,26H,1-3,6-9,11-12,17H2. The summed E-state index contributed by atoms with van der Waals surface area (Å²) in [6, 6.07) is 6.36. The van der Waals surface area contributed by atoms with Gasteiger partial charge in [-0.2, -0.15) is 0 Å². The average molecular weight is 459 g/mol. The number of imidazole rings is 1. The normalized spacial score (nSPS) is 16.8. The molecule has 9 heteroatoms. The van der Waals surface area contributed by atoms with E-state index in [0.29, 0.717) is 6.54 Å². The number of nitrogens with one attached hydrogen (secondary N) is 1. The zero-order chi connectivity index (χ0) is 22.7. The van der Waals surface area contributed by atoms with Crippen LogP contribution in [0.5, 0.6) is 0 Å². The van der Waals surface area contributed by atoms with E-state index in [9.17, 15) is 0 Å². The lowest BCUT2D eigenvalue weighted by Gasteiger charge is -2.28. The van der Waals surface area contributed by atoms with Gasteiger partial charge in [0, 0.05) is 43.8 Å². The molecule has 6 rings (SSSR count). The van der Waals surface area contributed by atoms with Crippen LogP contribution < -0.4 is 10.2 Å². The van der Waals surface area contributed by atoms with Crippen LogP contribution in [-0.2, 0) is 17.8 Å². The Labute approximate surface area is 198 Å². The molecule has 0 aromatic carbocycles. The Morgan fingerprint density at radius 2 is 1.97 bits per heavy atom. The first kappa shape index (κ1) is 21.2. The van der Waals surface area contributed by atoms with Crippen LogP contribution in [0.3, 0.4) is 0 Å². The maximum Gasteiger partial charge on any atom is 0.137 e. The zero-order valence-corrected chi connectivity index (χ0v) is 19.3. The van der Waals surface area contributed by atoms with E-state index >= 15 is 0 Å². The SMILES string of the molecule is c1cc2nc(Cn3cc(-c4cncc(N5CCOCC5)c4)nn3)cn2cc1CNCC1CCC1. The van der Waals surface area contributed by atoms with Crippen LogP contribution in [0, 0.1) is 5.92 Å². The highest BCUT2D eigenvalue weighted by molar-refractivity contribution is 5.63. The molecule has 9 nitrogen and oxygen atoms in total. The largest absolute Gasteiger partial charge is 0.378 e. The van der Waals surface area contributed by atoms with E-state index in [-0.39, 0.29) is 0 Å². The van der Waals surface area contributed by atoms with Gasteiger partial charge in [0.05, 0.1) is 43.5 Å². The van der Waals surface area contributed by atoms with Crippen LogP contribution in [0.25, 0.3) is 16.9 Å². The van der Waals surface area contributed by atoms with Crippen molar-refractivity contribution < 1.29 is 4.74 Å². The molecule has 1 aliphatic carbocycles. The molecule has 34 heavy (non-hydrogen) atoms. The van der Waals surface area contributed by atoms with Crippen LogP contribution in [0.1, 0.15) is 30.5 Å². The molecule has 2 fully saturated rings. The van der Waals surface area contributed by atoms with Crippen molar-refractivity contribution in [3.05, 3.63) is 60.4 Å². The van der Waals surface area contributed by atoms with Crippen LogP contribution in [0.15, 0.2) is 49.2 Å². The third-order valence-electron chi connectivity index (χ3n) is 6.81. The molecular weight excluding hydrogens is 428 g/mol. The first-order chi connectivity index (χ1) is 16.8. The minimum absolute atomic E-state index is 0.570. The summed E-state index contributed by atoms with van der Waals surface area (Å²) >= 11 is 0. The number of morpholine rings is 1. The van der Waals surface area contributed by atoms with Gasteiger partial charge in [0.1, 0.15) is 11.3 Å². The summed E-state index contributed by atoms with van der Waals surface area (Å²) < 4.78 is 9.39. The maximum atomic E-state index is 5.46. The first-order valence-electron chi connectivity index (χ1n) is 12.2.